The Bertz CT molecular complexity index is 283. The molecule has 0 bridgehead atoms. The Morgan fingerprint density at radius 1 is 1.20 bits per heavy atom. The summed E-state index contributed by atoms with van der Waals surface area (Å²) in [5.41, 5.74) is 1.56. The molecule has 1 heterocycles. The molecule has 0 N–H and O–H groups in total. The van der Waals surface area contributed by atoms with Crippen molar-refractivity contribution in [2.45, 2.75) is 51.9 Å². The van der Waals surface area contributed by atoms with E-state index < -0.39 is 0 Å². The molecule has 86 valence electrons. The first-order valence-electron chi connectivity index (χ1n) is 5.67. The standard InChI is InChI=1S/C12H18BrISe/c1-2-3-4-5-6-7-8-10-9-11(14)15-12(10)13/h9H,2-8H2,1H3. The van der Waals surface area contributed by atoms with Crippen molar-refractivity contribution in [3.05, 3.63) is 17.4 Å². The second-order valence-electron chi connectivity index (χ2n) is 3.87. The van der Waals surface area contributed by atoms with E-state index in [0.29, 0.717) is 14.5 Å². The number of rotatable bonds is 7. The Morgan fingerprint density at radius 2 is 1.87 bits per heavy atom. The molecule has 1 rings (SSSR count). The van der Waals surface area contributed by atoms with Gasteiger partial charge < -0.3 is 0 Å². The molecule has 0 amide bonds. The Balaban J connectivity index is 2.12. The number of halogens is 2. The third-order valence-corrected chi connectivity index (χ3v) is 6.92. The SMILES string of the molecule is CCCCCCCCc1cc(I)[se]c1Br. The maximum atomic E-state index is 3.69. The van der Waals surface area contributed by atoms with Gasteiger partial charge in [-0.05, 0) is 0 Å². The normalized spacial score (nSPS) is 10.9. The molecule has 0 aliphatic rings. The number of hydrogen-bond donors (Lipinski definition) is 0. The zero-order valence-electron chi connectivity index (χ0n) is 9.19. The number of hydrogen-bond acceptors (Lipinski definition) is 0. The first kappa shape index (κ1) is 14.3. The molecule has 1 aromatic heterocycles. The number of aryl methyl sites for hydroxylation is 1. The van der Waals surface area contributed by atoms with Gasteiger partial charge in [0.1, 0.15) is 0 Å². The fourth-order valence-corrected chi connectivity index (χ4v) is 7.35. The van der Waals surface area contributed by atoms with E-state index in [0.717, 1.165) is 0 Å². The van der Waals surface area contributed by atoms with Crippen molar-refractivity contribution in [2.75, 3.05) is 0 Å². The molecule has 15 heavy (non-hydrogen) atoms. The second kappa shape index (κ2) is 8.32. The summed E-state index contributed by atoms with van der Waals surface area (Å²) in [4.78, 5) is 0. The maximum absolute atomic E-state index is 3.69. The van der Waals surface area contributed by atoms with Crippen LogP contribution in [0.25, 0.3) is 0 Å². The van der Waals surface area contributed by atoms with E-state index in [9.17, 15) is 0 Å². The van der Waals surface area contributed by atoms with E-state index in [1.54, 1.807) is 5.56 Å². The van der Waals surface area contributed by atoms with Gasteiger partial charge in [0.15, 0.2) is 0 Å². The average molecular weight is 448 g/mol. The van der Waals surface area contributed by atoms with Crippen molar-refractivity contribution in [3.8, 4) is 0 Å². The van der Waals surface area contributed by atoms with Gasteiger partial charge in [-0.15, -0.1) is 0 Å². The van der Waals surface area contributed by atoms with Crippen molar-refractivity contribution >= 4 is 53.0 Å². The first-order chi connectivity index (χ1) is 7.24. The van der Waals surface area contributed by atoms with Crippen LogP contribution in [0.5, 0.6) is 0 Å². The van der Waals surface area contributed by atoms with Gasteiger partial charge in [-0.2, -0.15) is 0 Å². The molecule has 3 heteroatoms. The van der Waals surface area contributed by atoms with Gasteiger partial charge in [0.25, 0.3) is 0 Å². The molecular weight excluding hydrogens is 430 g/mol. The van der Waals surface area contributed by atoms with Gasteiger partial charge in [-0.3, -0.25) is 0 Å². The van der Waals surface area contributed by atoms with Crippen molar-refractivity contribution in [1.82, 2.24) is 0 Å². The fraction of sp³-hybridized carbons (Fsp3) is 0.667. The van der Waals surface area contributed by atoms with E-state index in [4.69, 9.17) is 0 Å². The van der Waals surface area contributed by atoms with Gasteiger partial charge in [-0.25, -0.2) is 0 Å². The van der Waals surface area contributed by atoms with Crippen LogP contribution in [0.15, 0.2) is 9.41 Å². The van der Waals surface area contributed by atoms with Crippen LogP contribution in [0, 0.1) is 2.44 Å². The monoisotopic (exact) mass is 448 g/mol. The minimum absolute atomic E-state index is 0.595. The molecule has 1 aromatic rings. The average Bonchev–Trinajstić information content (AvgIpc) is 2.51. The third-order valence-electron chi connectivity index (χ3n) is 2.53. The van der Waals surface area contributed by atoms with Gasteiger partial charge in [0, 0.05) is 0 Å². The van der Waals surface area contributed by atoms with E-state index in [-0.39, 0.29) is 0 Å². The summed E-state index contributed by atoms with van der Waals surface area (Å²) in [7, 11) is 0. The van der Waals surface area contributed by atoms with Crippen LogP contribution < -0.4 is 0 Å². The molecule has 0 aliphatic heterocycles. The van der Waals surface area contributed by atoms with Crippen molar-refractivity contribution in [2.24, 2.45) is 0 Å². The summed E-state index contributed by atoms with van der Waals surface area (Å²) < 4.78 is 3.01. The van der Waals surface area contributed by atoms with Gasteiger partial charge in [0.05, 0.1) is 0 Å². The molecule has 0 aliphatic carbocycles. The topological polar surface area (TPSA) is 0 Å². The van der Waals surface area contributed by atoms with Crippen molar-refractivity contribution in [1.29, 1.82) is 0 Å². The van der Waals surface area contributed by atoms with Crippen LogP contribution in [0.3, 0.4) is 0 Å². The predicted octanol–water partition coefficient (Wildman–Crippen LogP) is 5.01. The van der Waals surface area contributed by atoms with Crippen LogP contribution in [0.1, 0.15) is 51.0 Å². The van der Waals surface area contributed by atoms with E-state index in [1.165, 1.54) is 50.7 Å². The molecule has 0 nitrogen and oxygen atoms in total. The zero-order valence-corrected chi connectivity index (χ0v) is 14.6. The summed E-state index contributed by atoms with van der Waals surface area (Å²) in [6.07, 6.45) is 9.65. The molecule has 0 aromatic carbocycles. The van der Waals surface area contributed by atoms with E-state index in [2.05, 4.69) is 51.5 Å². The molecule has 0 unspecified atom stereocenters. The van der Waals surface area contributed by atoms with Crippen LogP contribution >= 0.6 is 38.5 Å². The van der Waals surface area contributed by atoms with Gasteiger partial charge in [0.2, 0.25) is 0 Å². The van der Waals surface area contributed by atoms with Crippen LogP contribution in [-0.4, -0.2) is 14.5 Å². The Kier molecular flexibility index (Phi) is 7.92. The van der Waals surface area contributed by atoms with Crippen LogP contribution in [0.2, 0.25) is 0 Å². The van der Waals surface area contributed by atoms with Crippen molar-refractivity contribution in [3.63, 3.8) is 0 Å². The Labute approximate surface area is 121 Å². The molecule has 0 atom stereocenters. The van der Waals surface area contributed by atoms with Gasteiger partial charge >= 0.3 is 122 Å². The molecule has 0 saturated heterocycles. The summed E-state index contributed by atoms with van der Waals surface area (Å²) in [5, 5.41) is 0. The summed E-state index contributed by atoms with van der Waals surface area (Å²) in [6.45, 7) is 2.27. The molecule has 0 saturated carbocycles. The summed E-state index contributed by atoms with van der Waals surface area (Å²) >= 11 is 6.74. The summed E-state index contributed by atoms with van der Waals surface area (Å²) in [6, 6.07) is 2.37. The quantitative estimate of drug-likeness (QED) is 0.313. The van der Waals surface area contributed by atoms with Crippen molar-refractivity contribution < 1.29 is 0 Å². The zero-order chi connectivity index (χ0) is 11.1. The molecular formula is C12H18BrISe. The molecule has 0 spiro atoms. The van der Waals surface area contributed by atoms with Crippen LogP contribution in [-0.2, 0) is 6.42 Å². The second-order valence-corrected chi connectivity index (χ2v) is 10.9. The number of unbranched alkanes of at least 4 members (excludes halogenated alkanes) is 5. The Hall–Kier alpha value is 1.21. The fourth-order valence-electron chi connectivity index (χ4n) is 1.64. The first-order valence-corrected chi connectivity index (χ1v) is 9.26. The third kappa shape index (κ3) is 5.90. The molecule has 0 fully saturated rings. The van der Waals surface area contributed by atoms with E-state index in [1.807, 2.05) is 0 Å². The van der Waals surface area contributed by atoms with Gasteiger partial charge in [-0.1, -0.05) is 0 Å². The molecule has 0 radical (unpaired) electrons. The Morgan fingerprint density at radius 3 is 2.47 bits per heavy atom. The van der Waals surface area contributed by atoms with Crippen LogP contribution in [0.4, 0.5) is 0 Å². The summed E-state index contributed by atoms with van der Waals surface area (Å²) in [5.74, 6) is 0. The minimum atomic E-state index is 0.595. The predicted molar refractivity (Wildman–Crippen MR) is 80.9 cm³/mol. The van der Waals surface area contributed by atoms with E-state index >= 15 is 0 Å².